The van der Waals surface area contributed by atoms with Crippen LogP contribution in [0.4, 0.5) is 0 Å². The Bertz CT molecular complexity index is 522. The van der Waals surface area contributed by atoms with Gasteiger partial charge in [-0.2, -0.15) is 0 Å². The maximum atomic E-state index is 12.4. The summed E-state index contributed by atoms with van der Waals surface area (Å²) in [7, 11) is 2.05. The smallest absolute Gasteiger partial charge is 0.340 e. The second-order valence-corrected chi connectivity index (χ2v) is 5.72. The molecule has 1 aromatic carbocycles. The molecular weight excluding hydrogens is 286 g/mol. The first-order chi connectivity index (χ1) is 10.1. The van der Waals surface area contributed by atoms with E-state index in [1.54, 1.807) is 0 Å². The maximum absolute atomic E-state index is 12.4. The summed E-state index contributed by atoms with van der Waals surface area (Å²) in [5.74, 6) is -0.247. The molecular formula is C17H22ClNO2. The van der Waals surface area contributed by atoms with Gasteiger partial charge in [-0.3, -0.25) is 0 Å². The Morgan fingerprint density at radius 2 is 1.95 bits per heavy atom. The number of carbonyl (C=O) groups excluding carboxylic acids is 1. The Morgan fingerprint density at radius 3 is 2.62 bits per heavy atom. The summed E-state index contributed by atoms with van der Waals surface area (Å²) < 4.78 is 5.27. The van der Waals surface area contributed by atoms with Crippen molar-refractivity contribution >= 4 is 23.1 Å². The van der Waals surface area contributed by atoms with Gasteiger partial charge < -0.3 is 9.64 Å². The highest BCUT2D eigenvalue weighted by Crippen LogP contribution is 2.29. The first-order valence-corrected chi connectivity index (χ1v) is 7.88. The minimum atomic E-state index is -0.247. The highest BCUT2D eigenvalue weighted by molar-refractivity contribution is 6.30. The van der Waals surface area contributed by atoms with Crippen molar-refractivity contribution < 1.29 is 9.53 Å². The molecule has 114 valence electrons. The van der Waals surface area contributed by atoms with Crippen molar-refractivity contribution in [1.29, 1.82) is 0 Å². The summed E-state index contributed by atoms with van der Waals surface area (Å²) in [4.78, 5) is 14.6. The van der Waals surface area contributed by atoms with E-state index in [4.69, 9.17) is 16.3 Å². The van der Waals surface area contributed by atoms with Crippen molar-refractivity contribution in [2.75, 3.05) is 20.2 Å². The maximum Gasteiger partial charge on any atom is 0.340 e. The fourth-order valence-electron chi connectivity index (χ4n) is 2.68. The van der Waals surface area contributed by atoms with Gasteiger partial charge in [0.1, 0.15) is 0 Å². The van der Waals surface area contributed by atoms with E-state index in [0.29, 0.717) is 17.2 Å². The van der Waals surface area contributed by atoms with Gasteiger partial charge in [-0.05, 0) is 43.9 Å². The lowest BCUT2D eigenvalue weighted by Crippen LogP contribution is -2.21. The quantitative estimate of drug-likeness (QED) is 0.621. The van der Waals surface area contributed by atoms with E-state index in [1.165, 1.54) is 6.42 Å². The highest BCUT2D eigenvalue weighted by Gasteiger charge is 2.22. The molecule has 1 aliphatic rings. The molecule has 0 unspecified atom stereocenters. The van der Waals surface area contributed by atoms with Crippen LogP contribution in [0, 0.1) is 0 Å². The zero-order chi connectivity index (χ0) is 15.2. The zero-order valence-electron chi connectivity index (χ0n) is 12.7. The first-order valence-electron chi connectivity index (χ1n) is 7.50. The third-order valence-electron chi connectivity index (χ3n) is 3.77. The number of benzene rings is 1. The number of hydrogen-bond acceptors (Lipinski definition) is 3. The second kappa shape index (κ2) is 7.51. The molecule has 0 N–H and O–H groups in total. The van der Waals surface area contributed by atoms with Gasteiger partial charge in [0.15, 0.2) is 0 Å². The van der Waals surface area contributed by atoms with E-state index in [9.17, 15) is 4.79 Å². The van der Waals surface area contributed by atoms with Gasteiger partial charge in [0, 0.05) is 24.3 Å². The number of allylic oxidation sites excluding steroid dienone is 1. The van der Waals surface area contributed by atoms with Crippen LogP contribution in [0.3, 0.4) is 0 Å². The summed E-state index contributed by atoms with van der Waals surface area (Å²) in [6.07, 6.45) is 4.38. The van der Waals surface area contributed by atoms with Gasteiger partial charge >= 0.3 is 5.97 Å². The molecule has 0 aromatic heterocycles. The topological polar surface area (TPSA) is 29.5 Å². The molecule has 1 saturated heterocycles. The van der Waals surface area contributed by atoms with Gasteiger partial charge in [-0.1, -0.05) is 30.2 Å². The van der Waals surface area contributed by atoms with Crippen LogP contribution in [0.5, 0.6) is 0 Å². The van der Waals surface area contributed by atoms with E-state index in [0.717, 1.165) is 37.1 Å². The number of hydrogen-bond donors (Lipinski definition) is 0. The Hall–Kier alpha value is -1.48. The monoisotopic (exact) mass is 307 g/mol. The molecule has 0 aliphatic carbocycles. The predicted octanol–water partition coefficient (Wildman–Crippen LogP) is 4.12. The number of rotatable bonds is 3. The molecule has 0 bridgehead atoms. The van der Waals surface area contributed by atoms with Gasteiger partial charge in [-0.25, -0.2) is 4.79 Å². The molecule has 1 aliphatic heterocycles. The summed E-state index contributed by atoms with van der Waals surface area (Å²) in [5, 5.41) is 0.668. The van der Waals surface area contributed by atoms with Gasteiger partial charge in [-0.15, -0.1) is 0 Å². The number of nitrogens with zero attached hydrogens (tertiary/aromatic N) is 1. The van der Waals surface area contributed by atoms with Crippen LogP contribution in [0.1, 0.15) is 38.2 Å². The lowest BCUT2D eigenvalue weighted by molar-refractivity contribution is -0.136. The lowest BCUT2D eigenvalue weighted by atomic mass is 10.0. The van der Waals surface area contributed by atoms with Crippen LogP contribution >= 0.6 is 11.6 Å². The third kappa shape index (κ3) is 4.01. The van der Waals surface area contributed by atoms with Crippen molar-refractivity contribution in [2.24, 2.45) is 0 Å². The van der Waals surface area contributed by atoms with Gasteiger partial charge in [0.25, 0.3) is 0 Å². The Labute approximate surface area is 131 Å². The molecule has 0 atom stereocenters. The summed E-state index contributed by atoms with van der Waals surface area (Å²) >= 11 is 5.95. The van der Waals surface area contributed by atoms with Crippen molar-refractivity contribution in [2.45, 2.75) is 32.6 Å². The summed E-state index contributed by atoms with van der Waals surface area (Å²) in [5.41, 5.74) is 2.63. The number of halogens is 1. The fraction of sp³-hybridized carbons (Fsp3) is 0.471. The molecule has 0 spiro atoms. The average molecular weight is 308 g/mol. The second-order valence-electron chi connectivity index (χ2n) is 5.28. The molecule has 1 aromatic rings. The van der Waals surface area contributed by atoms with E-state index >= 15 is 0 Å². The number of esters is 1. The Kier molecular flexibility index (Phi) is 5.68. The molecule has 0 amide bonds. The molecule has 3 nitrogen and oxygen atoms in total. The largest absolute Gasteiger partial charge is 0.462 e. The van der Waals surface area contributed by atoms with Crippen molar-refractivity contribution in [3.63, 3.8) is 0 Å². The minimum Gasteiger partial charge on any atom is -0.462 e. The van der Waals surface area contributed by atoms with Crippen LogP contribution in [0.25, 0.3) is 5.57 Å². The van der Waals surface area contributed by atoms with Crippen molar-refractivity contribution in [1.82, 2.24) is 4.90 Å². The standard InChI is InChI=1S/C17H22ClNO2/c1-3-21-17(20)16(13-8-10-14(18)11-9-13)15-7-5-4-6-12-19(15)2/h8-11H,3-7,12H2,1-2H3/b16-15-. The van der Waals surface area contributed by atoms with Gasteiger partial charge in [0.2, 0.25) is 0 Å². The number of carbonyl (C=O) groups is 1. The van der Waals surface area contributed by atoms with Crippen LogP contribution in [-0.4, -0.2) is 31.1 Å². The SMILES string of the molecule is CCOC(=O)/C(=C1/CCCCCN1C)c1ccc(Cl)cc1. The Morgan fingerprint density at radius 1 is 1.24 bits per heavy atom. The molecule has 1 heterocycles. The Balaban J connectivity index is 2.48. The summed E-state index contributed by atoms with van der Waals surface area (Å²) in [6.45, 7) is 3.19. The van der Waals surface area contributed by atoms with Crippen LogP contribution in [0.2, 0.25) is 5.02 Å². The van der Waals surface area contributed by atoms with Crippen LogP contribution in [-0.2, 0) is 9.53 Å². The molecule has 21 heavy (non-hydrogen) atoms. The minimum absolute atomic E-state index is 0.247. The van der Waals surface area contributed by atoms with E-state index < -0.39 is 0 Å². The van der Waals surface area contributed by atoms with E-state index in [1.807, 2.05) is 31.2 Å². The first kappa shape index (κ1) is 15.9. The molecule has 0 radical (unpaired) electrons. The van der Waals surface area contributed by atoms with Crippen LogP contribution in [0.15, 0.2) is 30.0 Å². The molecule has 1 fully saturated rings. The normalized spacial score (nSPS) is 18.1. The van der Waals surface area contributed by atoms with E-state index in [2.05, 4.69) is 11.9 Å². The van der Waals surface area contributed by atoms with E-state index in [-0.39, 0.29) is 5.97 Å². The van der Waals surface area contributed by atoms with Crippen LogP contribution < -0.4 is 0 Å². The zero-order valence-corrected chi connectivity index (χ0v) is 13.4. The molecule has 2 rings (SSSR count). The molecule has 0 saturated carbocycles. The molecule has 4 heteroatoms. The average Bonchev–Trinajstić information content (AvgIpc) is 2.67. The van der Waals surface area contributed by atoms with Crippen molar-refractivity contribution in [3.8, 4) is 0 Å². The fourth-order valence-corrected chi connectivity index (χ4v) is 2.81. The highest BCUT2D eigenvalue weighted by atomic mass is 35.5. The number of likely N-dealkylation sites (tertiary alicyclic amines) is 1. The predicted molar refractivity (Wildman–Crippen MR) is 86.1 cm³/mol. The number of ether oxygens (including phenoxy) is 1. The van der Waals surface area contributed by atoms with Gasteiger partial charge in [0.05, 0.1) is 12.2 Å². The lowest BCUT2D eigenvalue weighted by Gasteiger charge is -2.23. The summed E-state index contributed by atoms with van der Waals surface area (Å²) in [6, 6.07) is 7.40. The van der Waals surface area contributed by atoms with Crippen molar-refractivity contribution in [3.05, 3.63) is 40.5 Å². The third-order valence-corrected chi connectivity index (χ3v) is 4.02.